The molecule has 0 aliphatic heterocycles. The van der Waals surface area contributed by atoms with Gasteiger partial charge in [0.05, 0.1) is 22.7 Å². The van der Waals surface area contributed by atoms with E-state index >= 15 is 0 Å². The molecule has 1 aliphatic carbocycles. The smallest absolute Gasteiger partial charge is 0.345 e. The lowest BCUT2D eigenvalue weighted by molar-refractivity contribution is -0.137. The van der Waals surface area contributed by atoms with Crippen LogP contribution in [0.15, 0.2) is 66.9 Å². The van der Waals surface area contributed by atoms with Crippen molar-refractivity contribution in [2.75, 3.05) is 0 Å². The molecule has 2 aromatic carbocycles. The van der Waals surface area contributed by atoms with E-state index in [1.807, 2.05) is 27.8 Å². The third kappa shape index (κ3) is 5.61. The Labute approximate surface area is 196 Å². The van der Waals surface area contributed by atoms with Crippen LogP contribution in [0.1, 0.15) is 59.3 Å². The van der Waals surface area contributed by atoms with Gasteiger partial charge in [-0.05, 0) is 54.8 Å². The minimum absolute atomic E-state index is 0.111. The zero-order valence-corrected chi connectivity index (χ0v) is 18.9. The van der Waals surface area contributed by atoms with Crippen molar-refractivity contribution < 1.29 is 18.0 Å². The number of halogens is 4. The Bertz CT molecular complexity index is 1100. The molecule has 1 aromatic heterocycles. The highest BCUT2D eigenvalue weighted by molar-refractivity contribution is 6.33. The van der Waals surface area contributed by atoms with Crippen molar-refractivity contribution in [3.05, 3.63) is 94.3 Å². The van der Waals surface area contributed by atoms with Gasteiger partial charge in [-0.15, -0.1) is 0 Å². The predicted molar refractivity (Wildman–Crippen MR) is 123 cm³/mol. The van der Waals surface area contributed by atoms with E-state index in [2.05, 4.69) is 0 Å². The molecule has 3 nitrogen and oxygen atoms in total. The second-order valence-corrected chi connectivity index (χ2v) is 8.94. The van der Waals surface area contributed by atoms with E-state index in [1.54, 1.807) is 30.3 Å². The van der Waals surface area contributed by atoms with Crippen molar-refractivity contribution in [1.29, 1.82) is 0 Å². The molecule has 1 heterocycles. The van der Waals surface area contributed by atoms with Gasteiger partial charge in [-0.25, -0.2) is 0 Å². The van der Waals surface area contributed by atoms with Crippen LogP contribution in [0.25, 0.3) is 0 Å². The number of benzene rings is 2. The predicted octanol–water partition coefficient (Wildman–Crippen LogP) is 7.18. The molecule has 1 aliphatic rings. The van der Waals surface area contributed by atoms with Gasteiger partial charge in [0.1, 0.15) is 0 Å². The number of nitrogens with zero attached hydrogens (tertiary/aromatic N) is 2. The molecule has 0 radical (unpaired) electrons. The number of carbonyl (C=O) groups excluding carboxylic acids is 1. The molecule has 0 spiro atoms. The summed E-state index contributed by atoms with van der Waals surface area (Å²) in [7, 11) is 0. The van der Waals surface area contributed by atoms with Gasteiger partial charge in [-0.3, -0.25) is 4.79 Å². The minimum atomic E-state index is -4.38. The van der Waals surface area contributed by atoms with Crippen LogP contribution in [-0.2, 0) is 19.3 Å². The maximum absolute atomic E-state index is 13.5. The van der Waals surface area contributed by atoms with Gasteiger partial charge in [-0.1, -0.05) is 55.1 Å². The summed E-state index contributed by atoms with van der Waals surface area (Å²) in [6.45, 7) is 0.672. The van der Waals surface area contributed by atoms with Crippen LogP contribution in [0.4, 0.5) is 13.2 Å². The van der Waals surface area contributed by atoms with Crippen LogP contribution in [0.3, 0.4) is 0 Å². The van der Waals surface area contributed by atoms with Gasteiger partial charge in [0, 0.05) is 24.5 Å². The number of amides is 1. The summed E-state index contributed by atoms with van der Waals surface area (Å²) in [4.78, 5) is 15.4. The third-order valence-corrected chi connectivity index (χ3v) is 6.57. The second kappa shape index (κ2) is 10.0. The number of hydrogen-bond acceptors (Lipinski definition) is 1. The highest BCUT2D eigenvalue weighted by Crippen LogP contribution is 2.30. The maximum Gasteiger partial charge on any atom is 0.416 e. The fourth-order valence-corrected chi connectivity index (χ4v) is 4.73. The largest absolute Gasteiger partial charge is 0.416 e. The van der Waals surface area contributed by atoms with E-state index in [9.17, 15) is 18.0 Å². The quantitative estimate of drug-likeness (QED) is 0.371. The van der Waals surface area contributed by atoms with Gasteiger partial charge in [-0.2, -0.15) is 13.2 Å². The van der Waals surface area contributed by atoms with Crippen molar-refractivity contribution in [1.82, 2.24) is 9.47 Å². The molecule has 7 heteroatoms. The first-order valence-electron chi connectivity index (χ1n) is 11.2. The molecule has 33 heavy (non-hydrogen) atoms. The molecule has 1 saturated carbocycles. The molecule has 0 unspecified atom stereocenters. The summed E-state index contributed by atoms with van der Waals surface area (Å²) < 4.78 is 41.3. The Balaban J connectivity index is 1.60. The fraction of sp³-hybridized carbons (Fsp3) is 0.346. The van der Waals surface area contributed by atoms with E-state index < -0.39 is 11.7 Å². The van der Waals surface area contributed by atoms with Gasteiger partial charge < -0.3 is 9.47 Å². The van der Waals surface area contributed by atoms with Crippen LogP contribution in [-0.4, -0.2) is 21.4 Å². The second-order valence-electron chi connectivity index (χ2n) is 8.53. The molecular weight excluding hydrogens is 449 g/mol. The topological polar surface area (TPSA) is 25.2 Å². The van der Waals surface area contributed by atoms with E-state index in [1.165, 1.54) is 12.1 Å². The summed E-state index contributed by atoms with van der Waals surface area (Å²) in [5, 5.41) is 0.419. The lowest BCUT2D eigenvalue weighted by atomic mass is 9.93. The van der Waals surface area contributed by atoms with Crippen molar-refractivity contribution in [3.63, 3.8) is 0 Å². The van der Waals surface area contributed by atoms with E-state index in [-0.39, 0.29) is 11.9 Å². The van der Waals surface area contributed by atoms with E-state index in [4.69, 9.17) is 11.6 Å². The number of carbonyl (C=O) groups is 1. The summed E-state index contributed by atoms with van der Waals surface area (Å²) in [6.07, 6.45) is 2.64. The minimum Gasteiger partial charge on any atom is -0.345 e. The summed E-state index contributed by atoms with van der Waals surface area (Å²) in [6, 6.07) is 16.3. The summed E-state index contributed by atoms with van der Waals surface area (Å²) in [5.74, 6) is -0.112. The Kier molecular flexibility index (Phi) is 7.13. The highest BCUT2D eigenvalue weighted by atomic mass is 35.5. The van der Waals surface area contributed by atoms with Crippen molar-refractivity contribution in [2.24, 2.45) is 0 Å². The lowest BCUT2D eigenvalue weighted by Gasteiger charge is -2.35. The molecule has 0 saturated heterocycles. The monoisotopic (exact) mass is 474 g/mol. The van der Waals surface area contributed by atoms with Gasteiger partial charge in [0.15, 0.2) is 0 Å². The third-order valence-electron chi connectivity index (χ3n) is 6.24. The first-order chi connectivity index (χ1) is 15.8. The van der Waals surface area contributed by atoms with Crippen LogP contribution < -0.4 is 0 Å². The van der Waals surface area contributed by atoms with E-state index in [0.29, 0.717) is 29.2 Å². The zero-order valence-electron chi connectivity index (χ0n) is 18.2. The van der Waals surface area contributed by atoms with Gasteiger partial charge >= 0.3 is 6.18 Å². The van der Waals surface area contributed by atoms with Crippen molar-refractivity contribution >= 4 is 17.5 Å². The normalized spacial score (nSPS) is 14.9. The molecular formula is C26H26ClF3N2O. The highest BCUT2D eigenvalue weighted by Gasteiger charge is 2.31. The van der Waals surface area contributed by atoms with Crippen LogP contribution >= 0.6 is 11.6 Å². The molecule has 1 amide bonds. The Morgan fingerprint density at radius 3 is 2.48 bits per heavy atom. The Hall–Kier alpha value is -2.73. The molecule has 0 N–H and O–H groups in total. The Morgan fingerprint density at radius 1 is 1.00 bits per heavy atom. The van der Waals surface area contributed by atoms with Crippen molar-refractivity contribution in [3.8, 4) is 0 Å². The Morgan fingerprint density at radius 2 is 1.76 bits per heavy atom. The molecule has 0 bridgehead atoms. The van der Waals surface area contributed by atoms with Crippen LogP contribution in [0, 0.1) is 0 Å². The van der Waals surface area contributed by atoms with Gasteiger partial charge in [0.25, 0.3) is 5.91 Å². The first-order valence-corrected chi connectivity index (χ1v) is 11.6. The fourth-order valence-electron chi connectivity index (χ4n) is 4.51. The number of hydrogen-bond donors (Lipinski definition) is 0. The number of aromatic nitrogens is 1. The van der Waals surface area contributed by atoms with Crippen LogP contribution in [0.5, 0.6) is 0 Å². The lowest BCUT2D eigenvalue weighted by Crippen LogP contribution is -2.41. The van der Waals surface area contributed by atoms with Crippen LogP contribution in [0.2, 0.25) is 5.02 Å². The molecule has 3 aromatic rings. The maximum atomic E-state index is 13.5. The molecule has 174 valence electrons. The van der Waals surface area contributed by atoms with Crippen molar-refractivity contribution in [2.45, 2.75) is 57.4 Å². The zero-order chi connectivity index (χ0) is 23.4. The number of alkyl halides is 3. The molecule has 1 fully saturated rings. The molecule has 0 atom stereocenters. The summed E-state index contributed by atoms with van der Waals surface area (Å²) >= 11 is 6.33. The SMILES string of the molecule is O=C(c1ccccc1Cl)N(Cc1cccn1Cc1cccc(C(F)(F)F)c1)C1CCCCC1. The average Bonchev–Trinajstić information content (AvgIpc) is 3.24. The van der Waals surface area contributed by atoms with Gasteiger partial charge in [0.2, 0.25) is 0 Å². The number of rotatable bonds is 6. The van der Waals surface area contributed by atoms with E-state index in [0.717, 1.165) is 43.9 Å². The standard InChI is InChI=1S/C26H26ClF3N2O/c27-24-14-5-4-13-23(24)25(33)32(21-10-2-1-3-11-21)18-22-12-7-15-31(22)17-19-8-6-9-20(16-19)26(28,29)30/h4-9,12-16,21H,1-3,10-11,17-18H2. The average molecular weight is 475 g/mol. The summed E-state index contributed by atoms with van der Waals surface area (Å²) in [5.41, 5.74) is 1.24. The molecule has 4 rings (SSSR count). The first kappa shape index (κ1) is 23.4.